The first-order valence-electron chi connectivity index (χ1n) is 7.11. The summed E-state index contributed by atoms with van der Waals surface area (Å²) in [6.07, 6.45) is 0.886. The van der Waals surface area contributed by atoms with Gasteiger partial charge in [0.25, 0.3) is 10.2 Å². The Morgan fingerprint density at radius 1 is 1.32 bits per heavy atom. The summed E-state index contributed by atoms with van der Waals surface area (Å²) in [6, 6.07) is 5.73. The largest absolute Gasteiger partial charge is 0.349 e. The van der Waals surface area contributed by atoms with Gasteiger partial charge in [-0.15, -0.1) is 0 Å². The maximum atomic E-state index is 12.9. The summed E-state index contributed by atoms with van der Waals surface area (Å²) in [4.78, 5) is 12.2. The number of hydrogen-bond acceptors (Lipinski definition) is 3. The van der Waals surface area contributed by atoms with Crippen LogP contribution in [0.25, 0.3) is 0 Å². The van der Waals surface area contributed by atoms with Crippen LogP contribution in [0.2, 0.25) is 0 Å². The van der Waals surface area contributed by atoms with E-state index in [9.17, 15) is 17.6 Å². The van der Waals surface area contributed by atoms with Gasteiger partial charge in [0.15, 0.2) is 0 Å². The van der Waals surface area contributed by atoms with Crippen LogP contribution in [0.4, 0.5) is 4.39 Å². The molecule has 3 N–H and O–H groups in total. The summed E-state index contributed by atoms with van der Waals surface area (Å²) >= 11 is 0. The molecule has 0 radical (unpaired) electrons. The van der Waals surface area contributed by atoms with Crippen LogP contribution in [-0.2, 0) is 15.0 Å². The van der Waals surface area contributed by atoms with Gasteiger partial charge in [-0.25, -0.2) is 9.53 Å². The van der Waals surface area contributed by atoms with Crippen molar-refractivity contribution in [3.63, 3.8) is 0 Å². The van der Waals surface area contributed by atoms with E-state index in [-0.39, 0.29) is 36.8 Å². The van der Waals surface area contributed by atoms with Gasteiger partial charge in [-0.3, -0.25) is 4.79 Å². The molecule has 0 aliphatic carbocycles. The van der Waals surface area contributed by atoms with Crippen molar-refractivity contribution in [2.75, 3.05) is 13.1 Å². The standard InChI is InChI=1S/C14H20FN3O3S/c1-10(11-2-4-13(15)5-3-11)17-14(19)12-6-8-18(9-7-12)22(16,20)21/h2-5,10,12H,6-9H2,1H3,(H,17,19)(H2,16,20,21)/t10-/m0/s1. The van der Waals surface area contributed by atoms with Gasteiger partial charge in [0, 0.05) is 19.0 Å². The Kier molecular flexibility index (Phi) is 5.15. The molecule has 2 rings (SSSR count). The fraction of sp³-hybridized carbons (Fsp3) is 0.500. The highest BCUT2D eigenvalue weighted by molar-refractivity contribution is 7.86. The van der Waals surface area contributed by atoms with Crippen LogP contribution < -0.4 is 10.5 Å². The highest BCUT2D eigenvalue weighted by atomic mass is 32.2. The maximum Gasteiger partial charge on any atom is 0.276 e. The lowest BCUT2D eigenvalue weighted by Gasteiger charge is -2.29. The molecular weight excluding hydrogens is 309 g/mol. The van der Waals surface area contributed by atoms with E-state index >= 15 is 0 Å². The molecule has 1 aliphatic rings. The minimum absolute atomic E-state index is 0.120. The van der Waals surface area contributed by atoms with E-state index in [0.29, 0.717) is 12.8 Å². The molecule has 1 fully saturated rings. The monoisotopic (exact) mass is 329 g/mol. The first-order chi connectivity index (χ1) is 10.3. The molecule has 8 heteroatoms. The Hall–Kier alpha value is -1.51. The van der Waals surface area contributed by atoms with E-state index < -0.39 is 10.2 Å². The number of nitrogens with one attached hydrogen (secondary N) is 1. The summed E-state index contributed by atoms with van der Waals surface area (Å²) in [5, 5.41) is 7.95. The molecule has 0 saturated carbocycles. The van der Waals surface area contributed by atoms with Crippen molar-refractivity contribution in [3.8, 4) is 0 Å². The molecule has 0 unspecified atom stereocenters. The average molecular weight is 329 g/mol. The SMILES string of the molecule is C[C@H](NC(=O)C1CCN(S(N)(=O)=O)CC1)c1ccc(F)cc1. The zero-order valence-electron chi connectivity index (χ0n) is 12.3. The third kappa shape index (κ3) is 4.25. The molecule has 1 amide bonds. The van der Waals surface area contributed by atoms with Crippen LogP contribution in [-0.4, -0.2) is 31.7 Å². The van der Waals surface area contributed by atoms with Gasteiger partial charge >= 0.3 is 0 Å². The van der Waals surface area contributed by atoms with E-state index in [0.717, 1.165) is 5.56 Å². The van der Waals surface area contributed by atoms with Crippen LogP contribution in [0.15, 0.2) is 24.3 Å². The van der Waals surface area contributed by atoms with Gasteiger partial charge in [0.2, 0.25) is 5.91 Å². The second kappa shape index (κ2) is 6.72. The van der Waals surface area contributed by atoms with E-state index in [2.05, 4.69) is 5.32 Å². The molecule has 1 saturated heterocycles. The third-order valence-corrected chi connectivity index (χ3v) is 5.00. The Morgan fingerprint density at radius 2 is 1.86 bits per heavy atom. The number of amides is 1. The summed E-state index contributed by atoms with van der Waals surface area (Å²) in [5.41, 5.74) is 0.816. The molecule has 22 heavy (non-hydrogen) atoms. The molecule has 1 aromatic carbocycles. The summed E-state index contributed by atoms with van der Waals surface area (Å²) in [6.45, 7) is 2.33. The van der Waals surface area contributed by atoms with E-state index in [1.165, 1.54) is 16.4 Å². The molecule has 0 aromatic heterocycles. The minimum Gasteiger partial charge on any atom is -0.349 e. The number of nitrogens with two attached hydrogens (primary N) is 1. The quantitative estimate of drug-likeness (QED) is 0.860. The molecule has 6 nitrogen and oxygen atoms in total. The molecule has 1 atom stereocenters. The van der Waals surface area contributed by atoms with Crippen molar-refractivity contribution in [1.82, 2.24) is 9.62 Å². The molecular formula is C14H20FN3O3S. The number of rotatable bonds is 4. The molecule has 122 valence electrons. The minimum atomic E-state index is -3.68. The smallest absolute Gasteiger partial charge is 0.276 e. The number of piperidine rings is 1. The lowest BCUT2D eigenvalue weighted by Crippen LogP contribution is -2.45. The van der Waals surface area contributed by atoms with Gasteiger partial charge in [-0.05, 0) is 37.5 Å². The van der Waals surface area contributed by atoms with Crippen molar-refractivity contribution in [2.24, 2.45) is 11.1 Å². The number of carbonyl (C=O) groups excluding carboxylic acids is 1. The maximum absolute atomic E-state index is 12.9. The average Bonchev–Trinajstić information content (AvgIpc) is 2.47. The Bertz CT molecular complexity index is 625. The Balaban J connectivity index is 1.89. The molecule has 1 heterocycles. The Labute approximate surface area is 129 Å². The molecule has 1 aromatic rings. The zero-order chi connectivity index (χ0) is 16.3. The van der Waals surface area contributed by atoms with Gasteiger partial charge < -0.3 is 5.32 Å². The number of halogens is 1. The molecule has 0 bridgehead atoms. The zero-order valence-corrected chi connectivity index (χ0v) is 13.1. The van der Waals surface area contributed by atoms with Crippen LogP contribution >= 0.6 is 0 Å². The van der Waals surface area contributed by atoms with Gasteiger partial charge in [0.1, 0.15) is 5.82 Å². The van der Waals surface area contributed by atoms with Crippen molar-refractivity contribution < 1.29 is 17.6 Å². The fourth-order valence-corrected chi connectivity index (χ4v) is 3.26. The van der Waals surface area contributed by atoms with Crippen molar-refractivity contribution in [1.29, 1.82) is 0 Å². The van der Waals surface area contributed by atoms with Crippen LogP contribution in [0.1, 0.15) is 31.4 Å². The van der Waals surface area contributed by atoms with Gasteiger partial charge in [0.05, 0.1) is 6.04 Å². The second-order valence-corrected chi connectivity index (χ2v) is 7.05. The summed E-state index contributed by atoms with van der Waals surface area (Å²) in [5.74, 6) is -0.676. The number of carbonyl (C=O) groups is 1. The highest BCUT2D eigenvalue weighted by Crippen LogP contribution is 2.20. The normalized spacial score (nSPS) is 18.9. The van der Waals surface area contributed by atoms with E-state index in [1.54, 1.807) is 12.1 Å². The van der Waals surface area contributed by atoms with Crippen molar-refractivity contribution in [2.45, 2.75) is 25.8 Å². The van der Waals surface area contributed by atoms with Crippen molar-refractivity contribution in [3.05, 3.63) is 35.6 Å². The highest BCUT2D eigenvalue weighted by Gasteiger charge is 2.29. The predicted molar refractivity (Wildman–Crippen MR) is 80.4 cm³/mol. The molecule has 1 aliphatic heterocycles. The first kappa shape index (κ1) is 16.9. The second-order valence-electron chi connectivity index (χ2n) is 5.50. The topological polar surface area (TPSA) is 92.5 Å². The Morgan fingerprint density at radius 3 is 2.36 bits per heavy atom. The number of hydrogen-bond donors (Lipinski definition) is 2. The fourth-order valence-electron chi connectivity index (χ4n) is 2.54. The predicted octanol–water partition coefficient (Wildman–Crippen LogP) is 0.918. The van der Waals surface area contributed by atoms with E-state index in [4.69, 9.17) is 5.14 Å². The van der Waals surface area contributed by atoms with Crippen LogP contribution in [0, 0.1) is 11.7 Å². The first-order valence-corrected chi connectivity index (χ1v) is 8.61. The molecule has 0 spiro atoms. The van der Waals surface area contributed by atoms with E-state index in [1.807, 2.05) is 6.92 Å². The summed E-state index contributed by atoms with van der Waals surface area (Å²) in [7, 11) is -3.68. The van der Waals surface area contributed by atoms with Gasteiger partial charge in [-0.2, -0.15) is 12.7 Å². The van der Waals surface area contributed by atoms with Crippen LogP contribution in [0.3, 0.4) is 0 Å². The number of nitrogens with zero attached hydrogens (tertiary/aromatic N) is 1. The number of benzene rings is 1. The van der Waals surface area contributed by atoms with Crippen LogP contribution in [0.5, 0.6) is 0 Å². The van der Waals surface area contributed by atoms with Gasteiger partial charge in [-0.1, -0.05) is 12.1 Å². The van der Waals surface area contributed by atoms with Crippen molar-refractivity contribution >= 4 is 16.1 Å². The third-order valence-electron chi connectivity index (χ3n) is 3.91. The lowest BCUT2D eigenvalue weighted by molar-refractivity contribution is -0.126. The lowest BCUT2D eigenvalue weighted by atomic mass is 9.96. The summed E-state index contributed by atoms with van der Waals surface area (Å²) < 4.78 is 36.5.